The summed E-state index contributed by atoms with van der Waals surface area (Å²) in [5.74, 6) is -1.19. The average Bonchev–Trinajstić information content (AvgIpc) is 2.87. The van der Waals surface area contributed by atoms with E-state index in [1.807, 2.05) is 0 Å². The molecular weight excluding hydrogens is 283 g/mol. The van der Waals surface area contributed by atoms with Gasteiger partial charge in [-0.1, -0.05) is 0 Å². The first-order valence-corrected chi connectivity index (χ1v) is 6.50. The number of hydrogen-bond acceptors (Lipinski definition) is 5. The standard InChI is InChI=1S/C13H11FN2O3S/c1-7(17)11-6-20-13(15-11)16-12(18)9-4-3-8(19-2)5-10(9)14/h3-6H,1-2H3,(H,15,16,18). The Morgan fingerprint density at radius 1 is 1.40 bits per heavy atom. The molecule has 0 radical (unpaired) electrons. The third kappa shape index (κ3) is 3.00. The van der Waals surface area contributed by atoms with Gasteiger partial charge in [0.2, 0.25) is 0 Å². The summed E-state index contributed by atoms with van der Waals surface area (Å²) in [4.78, 5) is 26.9. The molecule has 1 aromatic heterocycles. The summed E-state index contributed by atoms with van der Waals surface area (Å²) in [6, 6.07) is 3.93. The van der Waals surface area contributed by atoms with Crippen LogP contribution in [0.4, 0.5) is 9.52 Å². The molecule has 1 N–H and O–H groups in total. The van der Waals surface area contributed by atoms with Gasteiger partial charge in [0.05, 0.1) is 12.7 Å². The smallest absolute Gasteiger partial charge is 0.260 e. The van der Waals surface area contributed by atoms with Gasteiger partial charge in [0.25, 0.3) is 5.91 Å². The van der Waals surface area contributed by atoms with Gasteiger partial charge in [-0.05, 0) is 12.1 Å². The van der Waals surface area contributed by atoms with Crippen molar-refractivity contribution in [3.8, 4) is 5.75 Å². The van der Waals surface area contributed by atoms with Crippen molar-refractivity contribution < 1.29 is 18.7 Å². The number of ether oxygens (including phenoxy) is 1. The van der Waals surface area contributed by atoms with Gasteiger partial charge in [-0.2, -0.15) is 0 Å². The largest absolute Gasteiger partial charge is 0.497 e. The molecule has 104 valence electrons. The number of amides is 1. The predicted octanol–water partition coefficient (Wildman–Crippen LogP) is 2.75. The Bertz CT molecular complexity index is 669. The monoisotopic (exact) mass is 294 g/mol. The van der Waals surface area contributed by atoms with E-state index >= 15 is 0 Å². The van der Waals surface area contributed by atoms with Crippen molar-refractivity contribution in [1.82, 2.24) is 4.98 Å². The highest BCUT2D eigenvalue weighted by Crippen LogP contribution is 2.20. The maximum absolute atomic E-state index is 13.7. The number of thiazole rings is 1. The minimum Gasteiger partial charge on any atom is -0.497 e. The molecule has 0 saturated heterocycles. The maximum Gasteiger partial charge on any atom is 0.260 e. The molecule has 0 unspecified atom stereocenters. The number of anilines is 1. The highest BCUT2D eigenvalue weighted by Gasteiger charge is 2.15. The van der Waals surface area contributed by atoms with E-state index in [9.17, 15) is 14.0 Å². The second kappa shape index (κ2) is 5.79. The summed E-state index contributed by atoms with van der Waals surface area (Å²) in [7, 11) is 1.41. The molecule has 2 aromatic rings. The van der Waals surface area contributed by atoms with Gasteiger partial charge in [0.1, 0.15) is 17.3 Å². The molecule has 0 fully saturated rings. The van der Waals surface area contributed by atoms with Crippen molar-refractivity contribution in [2.75, 3.05) is 12.4 Å². The van der Waals surface area contributed by atoms with Gasteiger partial charge in [0.15, 0.2) is 10.9 Å². The molecule has 1 heterocycles. The summed E-state index contributed by atoms with van der Waals surface area (Å²) in [6.45, 7) is 1.38. The quantitative estimate of drug-likeness (QED) is 0.880. The number of Topliss-reactive ketones (excluding diaryl/α,β-unsaturated/α-hetero) is 1. The molecule has 0 spiro atoms. The summed E-state index contributed by atoms with van der Waals surface area (Å²) in [6.07, 6.45) is 0. The van der Waals surface area contributed by atoms with Gasteiger partial charge >= 0.3 is 0 Å². The maximum atomic E-state index is 13.7. The van der Waals surface area contributed by atoms with Crippen LogP contribution in [0, 0.1) is 5.82 Å². The first kappa shape index (κ1) is 14.1. The summed E-state index contributed by atoms with van der Waals surface area (Å²) in [5, 5.41) is 4.22. The minimum absolute atomic E-state index is 0.120. The number of hydrogen-bond donors (Lipinski definition) is 1. The molecule has 0 aliphatic heterocycles. The Morgan fingerprint density at radius 2 is 2.15 bits per heavy atom. The minimum atomic E-state index is -0.690. The Morgan fingerprint density at radius 3 is 2.70 bits per heavy atom. The average molecular weight is 294 g/mol. The molecule has 1 amide bonds. The number of methoxy groups -OCH3 is 1. The van der Waals surface area contributed by atoms with Crippen molar-refractivity contribution in [2.45, 2.75) is 6.92 Å². The van der Waals surface area contributed by atoms with Crippen LogP contribution in [0.15, 0.2) is 23.6 Å². The molecule has 7 heteroatoms. The normalized spacial score (nSPS) is 10.2. The van der Waals surface area contributed by atoms with Crippen LogP contribution in [-0.4, -0.2) is 23.8 Å². The van der Waals surface area contributed by atoms with Crippen LogP contribution in [0.2, 0.25) is 0 Å². The zero-order valence-electron chi connectivity index (χ0n) is 10.8. The molecule has 2 rings (SSSR count). The van der Waals surface area contributed by atoms with Crippen LogP contribution < -0.4 is 10.1 Å². The Kier molecular flexibility index (Phi) is 4.09. The molecule has 0 atom stereocenters. The number of aromatic nitrogens is 1. The van der Waals surface area contributed by atoms with Crippen molar-refractivity contribution in [1.29, 1.82) is 0 Å². The lowest BCUT2D eigenvalue weighted by Gasteiger charge is -2.05. The van der Waals surface area contributed by atoms with Gasteiger partial charge in [-0.25, -0.2) is 9.37 Å². The first-order valence-electron chi connectivity index (χ1n) is 5.62. The molecule has 1 aromatic carbocycles. The van der Waals surface area contributed by atoms with Crippen molar-refractivity contribution >= 4 is 28.2 Å². The molecular formula is C13H11FN2O3S. The SMILES string of the molecule is COc1ccc(C(=O)Nc2nc(C(C)=O)cs2)c(F)c1. The Labute approximate surface area is 118 Å². The molecule has 5 nitrogen and oxygen atoms in total. The van der Waals surface area contributed by atoms with E-state index in [4.69, 9.17) is 4.74 Å². The molecule has 0 saturated carbocycles. The number of ketones is 1. The highest BCUT2D eigenvalue weighted by atomic mass is 32.1. The van der Waals surface area contributed by atoms with E-state index in [2.05, 4.69) is 10.3 Å². The Hall–Kier alpha value is -2.28. The lowest BCUT2D eigenvalue weighted by Crippen LogP contribution is -2.13. The van der Waals surface area contributed by atoms with Gasteiger partial charge in [0, 0.05) is 18.4 Å². The van der Waals surface area contributed by atoms with Crippen LogP contribution in [0.1, 0.15) is 27.8 Å². The third-order valence-corrected chi connectivity index (χ3v) is 3.26. The second-order valence-corrected chi connectivity index (χ2v) is 4.75. The zero-order chi connectivity index (χ0) is 14.7. The molecule has 0 bridgehead atoms. The third-order valence-electron chi connectivity index (χ3n) is 2.51. The van der Waals surface area contributed by atoms with Crippen LogP contribution in [0.25, 0.3) is 0 Å². The fourth-order valence-electron chi connectivity index (χ4n) is 1.46. The lowest BCUT2D eigenvalue weighted by molar-refractivity contribution is 0.100. The van der Waals surface area contributed by atoms with Gasteiger partial charge < -0.3 is 4.74 Å². The van der Waals surface area contributed by atoms with Crippen molar-refractivity contribution in [3.05, 3.63) is 40.7 Å². The summed E-state index contributed by atoms with van der Waals surface area (Å²) < 4.78 is 18.6. The summed E-state index contributed by atoms with van der Waals surface area (Å²) >= 11 is 1.10. The lowest BCUT2D eigenvalue weighted by atomic mass is 10.2. The van der Waals surface area contributed by atoms with Gasteiger partial charge in [-0.15, -0.1) is 11.3 Å². The van der Waals surface area contributed by atoms with Crippen molar-refractivity contribution in [2.24, 2.45) is 0 Å². The Balaban J connectivity index is 2.17. The number of benzene rings is 1. The number of halogens is 1. The highest BCUT2D eigenvalue weighted by molar-refractivity contribution is 7.14. The van der Waals surface area contributed by atoms with E-state index in [-0.39, 0.29) is 22.2 Å². The van der Waals surface area contributed by atoms with E-state index in [0.717, 1.165) is 17.4 Å². The van der Waals surface area contributed by atoms with E-state index in [1.165, 1.54) is 31.5 Å². The number of carbonyl (C=O) groups is 2. The fourth-order valence-corrected chi connectivity index (χ4v) is 2.21. The van der Waals surface area contributed by atoms with E-state index in [0.29, 0.717) is 5.75 Å². The zero-order valence-corrected chi connectivity index (χ0v) is 11.6. The number of rotatable bonds is 4. The van der Waals surface area contributed by atoms with E-state index < -0.39 is 11.7 Å². The van der Waals surface area contributed by atoms with Crippen LogP contribution in [0.5, 0.6) is 5.75 Å². The predicted molar refractivity (Wildman–Crippen MR) is 73.0 cm³/mol. The number of nitrogens with zero attached hydrogens (tertiary/aromatic N) is 1. The molecule has 0 aliphatic rings. The summed E-state index contributed by atoms with van der Waals surface area (Å²) in [5.41, 5.74) is 0.144. The molecule has 0 aliphatic carbocycles. The second-order valence-electron chi connectivity index (χ2n) is 3.89. The van der Waals surface area contributed by atoms with Crippen LogP contribution >= 0.6 is 11.3 Å². The van der Waals surface area contributed by atoms with Gasteiger partial charge in [-0.3, -0.25) is 14.9 Å². The van der Waals surface area contributed by atoms with E-state index in [1.54, 1.807) is 0 Å². The van der Waals surface area contributed by atoms with Crippen molar-refractivity contribution in [3.63, 3.8) is 0 Å². The topological polar surface area (TPSA) is 68.3 Å². The number of carbonyl (C=O) groups excluding carboxylic acids is 2. The first-order chi connectivity index (χ1) is 9.51. The number of nitrogens with one attached hydrogen (secondary N) is 1. The fraction of sp³-hybridized carbons (Fsp3) is 0.154. The van der Waals surface area contributed by atoms with Crippen LogP contribution in [0.3, 0.4) is 0 Å². The van der Waals surface area contributed by atoms with Crippen LogP contribution in [-0.2, 0) is 0 Å². The molecule has 20 heavy (non-hydrogen) atoms.